The lowest BCUT2D eigenvalue weighted by molar-refractivity contribution is -0.122. The Labute approximate surface area is 156 Å². The number of carbonyl (C=O) groups excluding carboxylic acids is 1. The van der Waals surface area contributed by atoms with E-state index in [-0.39, 0.29) is 5.91 Å². The monoisotopic (exact) mass is 351 g/mol. The lowest BCUT2D eigenvalue weighted by Gasteiger charge is -2.20. The number of aryl methyl sites for hydroxylation is 1. The van der Waals surface area contributed by atoms with Crippen LogP contribution in [0.3, 0.4) is 0 Å². The molecule has 1 aromatic heterocycles. The van der Waals surface area contributed by atoms with Crippen molar-refractivity contribution in [2.24, 2.45) is 17.8 Å². The molecule has 0 radical (unpaired) electrons. The normalized spacial score (nSPS) is 24.2. The summed E-state index contributed by atoms with van der Waals surface area (Å²) in [7, 11) is 0. The fourth-order valence-electron chi connectivity index (χ4n) is 5.02. The molecule has 0 unspecified atom stereocenters. The van der Waals surface area contributed by atoms with E-state index in [2.05, 4.69) is 41.6 Å². The van der Waals surface area contributed by atoms with E-state index >= 15 is 0 Å². The summed E-state index contributed by atoms with van der Waals surface area (Å²) < 4.78 is 2.04. The van der Waals surface area contributed by atoms with E-state index in [0.717, 1.165) is 35.3 Å². The van der Waals surface area contributed by atoms with Gasteiger partial charge in [0.05, 0.1) is 12.2 Å². The lowest BCUT2D eigenvalue weighted by Crippen LogP contribution is -2.27. The Bertz CT molecular complexity index is 780. The number of benzene rings is 1. The first-order chi connectivity index (χ1) is 12.6. The maximum absolute atomic E-state index is 12.4. The van der Waals surface area contributed by atoms with Crippen LogP contribution in [0.4, 0.5) is 0 Å². The van der Waals surface area contributed by atoms with E-state index in [1.165, 1.54) is 31.2 Å². The molecule has 0 saturated heterocycles. The van der Waals surface area contributed by atoms with Gasteiger partial charge in [-0.15, -0.1) is 0 Å². The second-order valence-corrected chi connectivity index (χ2v) is 8.21. The SMILES string of the molecule is Cc1nn(Cc2ccccc2)c(C)c1CNC(=O)C[C@@H]1C[C@H]2CC[C@@H]1C2. The van der Waals surface area contributed by atoms with Crippen molar-refractivity contribution in [1.82, 2.24) is 15.1 Å². The van der Waals surface area contributed by atoms with Gasteiger partial charge in [0.25, 0.3) is 0 Å². The quantitative estimate of drug-likeness (QED) is 0.855. The van der Waals surface area contributed by atoms with E-state index in [4.69, 9.17) is 0 Å². The smallest absolute Gasteiger partial charge is 0.220 e. The van der Waals surface area contributed by atoms with Crippen LogP contribution in [0, 0.1) is 31.6 Å². The second kappa shape index (κ2) is 7.26. The fourth-order valence-corrected chi connectivity index (χ4v) is 5.02. The molecule has 2 saturated carbocycles. The zero-order valence-electron chi connectivity index (χ0n) is 15.9. The summed E-state index contributed by atoms with van der Waals surface area (Å²) in [6.07, 6.45) is 6.07. The van der Waals surface area contributed by atoms with Crippen molar-refractivity contribution in [3.8, 4) is 0 Å². The van der Waals surface area contributed by atoms with Crippen LogP contribution < -0.4 is 5.32 Å². The average Bonchev–Trinajstić information content (AvgIpc) is 3.31. The summed E-state index contributed by atoms with van der Waals surface area (Å²) in [5.74, 6) is 2.54. The molecule has 2 bridgehead atoms. The molecule has 1 heterocycles. The third-order valence-electron chi connectivity index (χ3n) is 6.50. The maximum atomic E-state index is 12.4. The summed E-state index contributed by atoms with van der Waals surface area (Å²) in [5, 5.41) is 7.84. The molecule has 138 valence electrons. The summed E-state index contributed by atoms with van der Waals surface area (Å²) in [5.41, 5.74) is 4.55. The number of amides is 1. The highest BCUT2D eigenvalue weighted by atomic mass is 16.1. The van der Waals surface area contributed by atoms with Crippen molar-refractivity contribution in [1.29, 1.82) is 0 Å². The number of hydrogen-bond acceptors (Lipinski definition) is 2. The highest BCUT2D eigenvalue weighted by molar-refractivity contribution is 5.76. The molecular weight excluding hydrogens is 322 g/mol. The molecule has 4 rings (SSSR count). The number of nitrogens with zero attached hydrogens (tertiary/aromatic N) is 2. The largest absolute Gasteiger partial charge is 0.352 e. The minimum atomic E-state index is 0.206. The Hall–Kier alpha value is -2.10. The van der Waals surface area contributed by atoms with Crippen molar-refractivity contribution in [2.75, 3.05) is 0 Å². The minimum absolute atomic E-state index is 0.206. The molecule has 1 aromatic carbocycles. The Balaban J connectivity index is 1.35. The summed E-state index contributed by atoms with van der Waals surface area (Å²) in [6, 6.07) is 10.4. The van der Waals surface area contributed by atoms with Crippen molar-refractivity contribution < 1.29 is 4.79 Å². The average molecular weight is 351 g/mol. The van der Waals surface area contributed by atoms with Crippen LogP contribution in [0.15, 0.2) is 30.3 Å². The summed E-state index contributed by atoms with van der Waals surface area (Å²) >= 11 is 0. The molecule has 2 aliphatic rings. The number of aromatic nitrogens is 2. The highest BCUT2D eigenvalue weighted by Gasteiger charge is 2.40. The molecule has 26 heavy (non-hydrogen) atoms. The van der Waals surface area contributed by atoms with Crippen molar-refractivity contribution in [2.45, 2.75) is 59.0 Å². The number of hydrogen-bond donors (Lipinski definition) is 1. The van der Waals surface area contributed by atoms with E-state index in [0.29, 0.717) is 18.9 Å². The predicted octanol–water partition coefficient (Wildman–Crippen LogP) is 3.99. The van der Waals surface area contributed by atoms with E-state index in [1.807, 2.05) is 17.7 Å². The predicted molar refractivity (Wildman–Crippen MR) is 103 cm³/mol. The molecule has 1 N–H and O–H groups in total. The number of fused-ring (bicyclic) bond motifs is 2. The number of nitrogens with one attached hydrogen (secondary N) is 1. The van der Waals surface area contributed by atoms with E-state index in [9.17, 15) is 4.79 Å². The van der Waals surface area contributed by atoms with Gasteiger partial charge in [-0.3, -0.25) is 9.48 Å². The van der Waals surface area contributed by atoms with Crippen molar-refractivity contribution in [3.05, 3.63) is 52.8 Å². The van der Waals surface area contributed by atoms with Crippen LogP contribution >= 0.6 is 0 Å². The third kappa shape index (κ3) is 3.55. The zero-order chi connectivity index (χ0) is 18.1. The molecule has 4 nitrogen and oxygen atoms in total. The molecule has 2 fully saturated rings. The molecule has 0 spiro atoms. The van der Waals surface area contributed by atoms with Gasteiger partial charge in [0.2, 0.25) is 5.91 Å². The standard InChI is InChI=1S/C22H29N3O/c1-15-21(16(2)25(24-15)14-17-6-4-3-5-7-17)13-23-22(26)12-20-11-18-8-9-19(20)10-18/h3-7,18-20H,8-14H2,1-2H3,(H,23,26)/t18-,19+,20-/m0/s1. The zero-order valence-corrected chi connectivity index (χ0v) is 15.9. The first-order valence-corrected chi connectivity index (χ1v) is 9.93. The van der Waals surface area contributed by atoms with Gasteiger partial charge in [-0.1, -0.05) is 36.8 Å². The number of carbonyl (C=O) groups is 1. The van der Waals surface area contributed by atoms with Gasteiger partial charge in [-0.2, -0.15) is 5.10 Å². The molecule has 4 heteroatoms. The van der Waals surface area contributed by atoms with Crippen LogP contribution in [0.2, 0.25) is 0 Å². The Morgan fingerprint density at radius 1 is 1.19 bits per heavy atom. The Kier molecular flexibility index (Phi) is 4.84. The second-order valence-electron chi connectivity index (χ2n) is 8.21. The summed E-state index contributed by atoms with van der Waals surface area (Å²) in [4.78, 5) is 12.4. The van der Waals surface area contributed by atoms with Gasteiger partial charge < -0.3 is 5.32 Å². The molecule has 2 aromatic rings. The summed E-state index contributed by atoms with van der Waals surface area (Å²) in [6.45, 7) is 5.49. The fraction of sp³-hybridized carbons (Fsp3) is 0.545. The van der Waals surface area contributed by atoms with Crippen LogP contribution in [0.5, 0.6) is 0 Å². The van der Waals surface area contributed by atoms with E-state index < -0.39 is 0 Å². The maximum Gasteiger partial charge on any atom is 0.220 e. The van der Waals surface area contributed by atoms with Crippen molar-refractivity contribution >= 4 is 5.91 Å². The Morgan fingerprint density at radius 3 is 2.69 bits per heavy atom. The van der Waals surface area contributed by atoms with Crippen LogP contribution in [0.25, 0.3) is 0 Å². The van der Waals surface area contributed by atoms with Crippen LogP contribution in [-0.4, -0.2) is 15.7 Å². The van der Waals surface area contributed by atoms with Crippen molar-refractivity contribution in [3.63, 3.8) is 0 Å². The van der Waals surface area contributed by atoms with Gasteiger partial charge in [0.15, 0.2) is 0 Å². The minimum Gasteiger partial charge on any atom is -0.352 e. The first-order valence-electron chi connectivity index (χ1n) is 9.93. The van der Waals surface area contributed by atoms with Gasteiger partial charge >= 0.3 is 0 Å². The first kappa shape index (κ1) is 17.3. The van der Waals surface area contributed by atoms with Crippen LogP contribution in [0.1, 0.15) is 54.6 Å². The van der Waals surface area contributed by atoms with Crippen LogP contribution in [-0.2, 0) is 17.9 Å². The van der Waals surface area contributed by atoms with Gasteiger partial charge in [-0.25, -0.2) is 0 Å². The Morgan fingerprint density at radius 2 is 2.00 bits per heavy atom. The third-order valence-corrected chi connectivity index (χ3v) is 6.50. The molecular formula is C22H29N3O. The van der Waals surface area contributed by atoms with E-state index in [1.54, 1.807) is 0 Å². The molecule has 3 atom stereocenters. The number of rotatable bonds is 6. The lowest BCUT2D eigenvalue weighted by atomic mass is 9.86. The molecule has 2 aliphatic carbocycles. The van der Waals surface area contributed by atoms with Gasteiger partial charge in [0.1, 0.15) is 0 Å². The molecule has 0 aliphatic heterocycles. The van der Waals surface area contributed by atoms with Gasteiger partial charge in [-0.05, 0) is 56.4 Å². The highest BCUT2D eigenvalue weighted by Crippen LogP contribution is 2.49. The molecule has 1 amide bonds. The topological polar surface area (TPSA) is 46.9 Å². The van der Waals surface area contributed by atoms with Gasteiger partial charge in [0, 0.05) is 24.2 Å².